The van der Waals surface area contributed by atoms with Crippen molar-refractivity contribution >= 4 is 5.91 Å². The van der Waals surface area contributed by atoms with Gasteiger partial charge < -0.3 is 10.6 Å². The predicted octanol–water partition coefficient (Wildman–Crippen LogP) is 1.86. The number of quaternary nitrogens is 1. The Kier molecular flexibility index (Phi) is 4.29. The molecule has 3 heteroatoms. The number of aryl methyl sites for hydroxylation is 2. The summed E-state index contributed by atoms with van der Waals surface area (Å²) in [6, 6.07) is 7.67. The standard InChI is InChI=1S/C18H26N2O/c1-12(19-13(2)18(21)20-17-9-10-17)15-8-7-14-5-3-4-6-16(14)11-15/h7-8,11-13,17,19H,3-6,9-10H2,1-2H3,(H,20,21)/p+1/t12-,13-/m0/s1. The van der Waals surface area contributed by atoms with Crippen LogP contribution in [-0.2, 0) is 17.6 Å². The van der Waals surface area contributed by atoms with Gasteiger partial charge in [0.05, 0.1) is 0 Å². The van der Waals surface area contributed by atoms with E-state index in [-0.39, 0.29) is 11.9 Å². The molecule has 1 aromatic rings. The zero-order chi connectivity index (χ0) is 14.8. The first-order valence-electron chi connectivity index (χ1n) is 8.40. The number of amides is 1. The number of hydrogen-bond donors (Lipinski definition) is 2. The predicted molar refractivity (Wildman–Crippen MR) is 84.1 cm³/mol. The number of fused-ring (bicyclic) bond motifs is 1. The van der Waals surface area contributed by atoms with Gasteiger partial charge in [-0.05, 0) is 69.6 Å². The Morgan fingerprint density at radius 1 is 1.19 bits per heavy atom. The van der Waals surface area contributed by atoms with E-state index in [9.17, 15) is 4.79 Å². The van der Waals surface area contributed by atoms with Crippen LogP contribution in [-0.4, -0.2) is 18.0 Å². The minimum atomic E-state index is -0.0170. The SMILES string of the molecule is C[C@H]([NH2+][C@@H](C)c1ccc2c(c1)CCCC2)C(=O)NC1CC1. The van der Waals surface area contributed by atoms with Crippen LogP contribution in [0.3, 0.4) is 0 Å². The number of hydrogen-bond acceptors (Lipinski definition) is 1. The highest BCUT2D eigenvalue weighted by atomic mass is 16.2. The Morgan fingerprint density at radius 2 is 1.90 bits per heavy atom. The van der Waals surface area contributed by atoms with Crippen LogP contribution in [0.25, 0.3) is 0 Å². The molecule has 1 amide bonds. The highest BCUT2D eigenvalue weighted by Crippen LogP contribution is 2.24. The van der Waals surface area contributed by atoms with E-state index >= 15 is 0 Å². The molecule has 0 unspecified atom stereocenters. The lowest BCUT2D eigenvalue weighted by molar-refractivity contribution is -0.710. The molecule has 0 bridgehead atoms. The minimum absolute atomic E-state index is 0.0170. The number of carbonyl (C=O) groups is 1. The van der Waals surface area contributed by atoms with Gasteiger partial charge in [0.1, 0.15) is 6.04 Å². The lowest BCUT2D eigenvalue weighted by atomic mass is 9.89. The Labute approximate surface area is 127 Å². The molecule has 1 aromatic carbocycles. The van der Waals surface area contributed by atoms with E-state index in [1.807, 2.05) is 6.92 Å². The van der Waals surface area contributed by atoms with E-state index in [4.69, 9.17) is 0 Å². The summed E-state index contributed by atoms with van der Waals surface area (Å²) in [6.45, 7) is 4.21. The molecule has 0 aromatic heterocycles. The summed E-state index contributed by atoms with van der Waals surface area (Å²) < 4.78 is 0. The van der Waals surface area contributed by atoms with Crippen molar-refractivity contribution in [2.45, 2.75) is 70.5 Å². The maximum absolute atomic E-state index is 12.1. The van der Waals surface area contributed by atoms with E-state index in [1.165, 1.54) is 42.4 Å². The van der Waals surface area contributed by atoms with Crippen molar-refractivity contribution in [3.8, 4) is 0 Å². The molecule has 2 aliphatic carbocycles. The molecule has 3 N–H and O–H groups in total. The Hall–Kier alpha value is -1.35. The van der Waals surface area contributed by atoms with Gasteiger partial charge in [-0.3, -0.25) is 4.79 Å². The molecule has 3 nitrogen and oxygen atoms in total. The second-order valence-corrected chi connectivity index (χ2v) is 6.79. The molecule has 21 heavy (non-hydrogen) atoms. The third kappa shape index (κ3) is 3.65. The van der Waals surface area contributed by atoms with Crippen LogP contribution in [0.2, 0.25) is 0 Å². The fourth-order valence-corrected chi connectivity index (χ4v) is 3.23. The van der Waals surface area contributed by atoms with E-state index < -0.39 is 0 Å². The normalized spacial score (nSPS) is 20.5. The third-order valence-corrected chi connectivity index (χ3v) is 4.81. The van der Waals surface area contributed by atoms with Gasteiger partial charge in [-0.1, -0.05) is 12.1 Å². The first-order valence-corrected chi connectivity index (χ1v) is 8.40. The second kappa shape index (κ2) is 6.18. The maximum Gasteiger partial charge on any atom is 0.278 e. The third-order valence-electron chi connectivity index (χ3n) is 4.81. The summed E-state index contributed by atoms with van der Waals surface area (Å²) in [5, 5.41) is 5.27. The average Bonchev–Trinajstić information content (AvgIpc) is 3.30. The molecule has 0 aliphatic heterocycles. The largest absolute Gasteiger partial charge is 0.348 e. The van der Waals surface area contributed by atoms with Crippen molar-refractivity contribution in [3.63, 3.8) is 0 Å². The van der Waals surface area contributed by atoms with Gasteiger partial charge in [0.25, 0.3) is 5.91 Å². The number of rotatable bonds is 5. The number of nitrogens with two attached hydrogens (primary N) is 1. The van der Waals surface area contributed by atoms with Crippen molar-refractivity contribution in [1.29, 1.82) is 0 Å². The molecule has 0 heterocycles. The van der Waals surface area contributed by atoms with Crippen LogP contribution < -0.4 is 10.6 Å². The van der Waals surface area contributed by atoms with Gasteiger partial charge >= 0.3 is 0 Å². The average molecular weight is 287 g/mol. The minimum Gasteiger partial charge on any atom is -0.348 e. The topological polar surface area (TPSA) is 45.7 Å². The molecule has 2 atom stereocenters. The monoisotopic (exact) mass is 287 g/mol. The molecular formula is C18H27N2O+. The molecule has 0 saturated heterocycles. The van der Waals surface area contributed by atoms with Gasteiger partial charge in [0.15, 0.2) is 6.04 Å². The van der Waals surface area contributed by atoms with E-state index in [2.05, 4.69) is 35.8 Å². The van der Waals surface area contributed by atoms with Crippen molar-refractivity contribution in [2.24, 2.45) is 0 Å². The van der Waals surface area contributed by atoms with Crippen LogP contribution >= 0.6 is 0 Å². The molecule has 1 saturated carbocycles. The first kappa shape index (κ1) is 14.6. The first-order chi connectivity index (χ1) is 10.1. The van der Waals surface area contributed by atoms with Crippen molar-refractivity contribution in [2.75, 3.05) is 0 Å². The molecular weight excluding hydrogens is 260 g/mol. The lowest BCUT2D eigenvalue weighted by Gasteiger charge is -2.20. The zero-order valence-electron chi connectivity index (χ0n) is 13.2. The summed E-state index contributed by atoms with van der Waals surface area (Å²) in [5.74, 6) is 0.183. The summed E-state index contributed by atoms with van der Waals surface area (Å²) in [4.78, 5) is 12.1. The summed E-state index contributed by atoms with van der Waals surface area (Å²) in [7, 11) is 0. The van der Waals surface area contributed by atoms with E-state index in [1.54, 1.807) is 0 Å². The van der Waals surface area contributed by atoms with Gasteiger partial charge in [-0.15, -0.1) is 0 Å². The molecule has 2 aliphatic rings. The summed E-state index contributed by atoms with van der Waals surface area (Å²) in [6.07, 6.45) is 7.39. The van der Waals surface area contributed by atoms with Gasteiger partial charge in [-0.2, -0.15) is 0 Å². The van der Waals surface area contributed by atoms with Crippen molar-refractivity contribution in [1.82, 2.24) is 5.32 Å². The second-order valence-electron chi connectivity index (χ2n) is 6.79. The maximum atomic E-state index is 12.1. The van der Waals surface area contributed by atoms with Crippen LogP contribution in [0.1, 0.15) is 62.3 Å². The Bertz CT molecular complexity index is 522. The molecule has 1 fully saturated rings. The van der Waals surface area contributed by atoms with Crippen molar-refractivity contribution < 1.29 is 10.1 Å². The van der Waals surface area contributed by atoms with Crippen LogP contribution in [0.5, 0.6) is 0 Å². The highest BCUT2D eigenvalue weighted by Gasteiger charge is 2.28. The Balaban J connectivity index is 1.61. The quantitative estimate of drug-likeness (QED) is 0.853. The van der Waals surface area contributed by atoms with Gasteiger partial charge in [0.2, 0.25) is 0 Å². The lowest BCUT2D eigenvalue weighted by Crippen LogP contribution is -2.92. The number of carbonyl (C=O) groups excluding carboxylic acids is 1. The molecule has 114 valence electrons. The fourth-order valence-electron chi connectivity index (χ4n) is 3.23. The van der Waals surface area contributed by atoms with Crippen LogP contribution in [0.4, 0.5) is 0 Å². The fraction of sp³-hybridized carbons (Fsp3) is 0.611. The highest BCUT2D eigenvalue weighted by molar-refractivity contribution is 5.80. The molecule has 0 spiro atoms. The smallest absolute Gasteiger partial charge is 0.278 e. The summed E-state index contributed by atoms with van der Waals surface area (Å²) in [5.41, 5.74) is 4.40. The number of benzene rings is 1. The van der Waals surface area contributed by atoms with E-state index in [0.29, 0.717) is 12.1 Å². The molecule has 0 radical (unpaired) electrons. The molecule has 3 rings (SSSR count). The van der Waals surface area contributed by atoms with Gasteiger partial charge in [-0.25, -0.2) is 0 Å². The number of nitrogens with one attached hydrogen (secondary N) is 1. The van der Waals surface area contributed by atoms with Crippen molar-refractivity contribution in [3.05, 3.63) is 34.9 Å². The Morgan fingerprint density at radius 3 is 2.62 bits per heavy atom. The van der Waals surface area contributed by atoms with Gasteiger partial charge in [0, 0.05) is 11.6 Å². The summed E-state index contributed by atoms with van der Waals surface area (Å²) >= 11 is 0. The van der Waals surface area contributed by atoms with Crippen LogP contribution in [0, 0.1) is 0 Å². The van der Waals surface area contributed by atoms with E-state index in [0.717, 1.165) is 12.8 Å². The van der Waals surface area contributed by atoms with Crippen LogP contribution in [0.15, 0.2) is 18.2 Å². The zero-order valence-corrected chi connectivity index (χ0v) is 13.2.